The molecule has 0 radical (unpaired) electrons. The number of aryl methyl sites for hydroxylation is 1. The van der Waals surface area contributed by atoms with Gasteiger partial charge in [-0.2, -0.15) is 5.06 Å². The molecular weight excluding hydrogens is 414 g/mol. The van der Waals surface area contributed by atoms with E-state index in [0.29, 0.717) is 0 Å². The van der Waals surface area contributed by atoms with E-state index in [0.717, 1.165) is 19.3 Å². The fourth-order valence-electron chi connectivity index (χ4n) is 6.23. The smallest absolute Gasteiger partial charge is 0.105 e. The van der Waals surface area contributed by atoms with Crippen LogP contribution in [-0.2, 0) is 22.3 Å². The van der Waals surface area contributed by atoms with Crippen molar-refractivity contribution in [2.75, 3.05) is 0 Å². The van der Waals surface area contributed by atoms with Gasteiger partial charge in [0.25, 0.3) is 0 Å². The summed E-state index contributed by atoms with van der Waals surface area (Å²) >= 11 is 0. The maximum Gasteiger partial charge on any atom is 0.105 e. The summed E-state index contributed by atoms with van der Waals surface area (Å²) in [4.78, 5) is 7.23. The molecule has 0 aromatic heterocycles. The highest BCUT2D eigenvalue weighted by Gasteiger charge is 2.57. The van der Waals surface area contributed by atoms with Crippen LogP contribution < -0.4 is 0 Å². The lowest BCUT2D eigenvalue weighted by Gasteiger charge is -2.46. The Morgan fingerprint density at radius 1 is 0.647 bits per heavy atom. The average Bonchev–Trinajstić information content (AvgIpc) is 3.11. The van der Waals surface area contributed by atoms with Gasteiger partial charge in [-0.3, -0.25) is 4.84 Å². The normalized spacial score (nSPS) is 26.1. The monoisotopic (exact) mass is 445 g/mol. The van der Waals surface area contributed by atoms with Crippen LogP contribution in [0.25, 0.3) is 0 Å². The van der Waals surface area contributed by atoms with E-state index in [9.17, 15) is 0 Å². The summed E-state index contributed by atoms with van der Waals surface area (Å²) in [6.45, 7) is 4.65. The molecule has 0 spiro atoms. The number of benzene rings is 4. The van der Waals surface area contributed by atoms with Crippen LogP contribution in [0.2, 0.25) is 0 Å². The molecular formula is C32H31NO. The molecule has 2 heteroatoms. The second-order valence-electron chi connectivity index (χ2n) is 9.90. The predicted octanol–water partition coefficient (Wildman–Crippen LogP) is 7.54. The van der Waals surface area contributed by atoms with Crippen molar-refractivity contribution in [1.82, 2.24) is 5.06 Å². The van der Waals surface area contributed by atoms with Crippen LogP contribution in [0.1, 0.15) is 66.2 Å². The van der Waals surface area contributed by atoms with Gasteiger partial charge in [0, 0.05) is 0 Å². The van der Waals surface area contributed by atoms with Gasteiger partial charge in [-0.05, 0) is 66.5 Å². The average molecular weight is 446 g/mol. The molecule has 6 rings (SSSR count). The first kappa shape index (κ1) is 21.3. The Labute approximate surface area is 202 Å². The van der Waals surface area contributed by atoms with Crippen molar-refractivity contribution in [3.05, 3.63) is 143 Å². The number of hydrogen-bond acceptors (Lipinski definition) is 2. The van der Waals surface area contributed by atoms with Crippen LogP contribution in [0.3, 0.4) is 0 Å². The molecule has 1 aliphatic heterocycles. The lowest BCUT2D eigenvalue weighted by Crippen LogP contribution is -2.50. The van der Waals surface area contributed by atoms with Crippen molar-refractivity contribution in [3.8, 4) is 0 Å². The number of nitrogens with zero attached hydrogens (tertiary/aromatic N) is 1. The zero-order valence-corrected chi connectivity index (χ0v) is 19.9. The Balaban J connectivity index is 1.57. The molecule has 0 saturated carbocycles. The van der Waals surface area contributed by atoms with Gasteiger partial charge >= 0.3 is 0 Å². The molecule has 0 fully saturated rings. The second-order valence-corrected chi connectivity index (χ2v) is 9.90. The van der Waals surface area contributed by atoms with Crippen molar-refractivity contribution in [2.24, 2.45) is 0 Å². The lowest BCUT2D eigenvalue weighted by atomic mass is 9.83. The largest absolute Gasteiger partial charge is 0.289 e. The minimum atomic E-state index is -0.436. The van der Waals surface area contributed by atoms with E-state index < -0.39 is 11.1 Å². The summed E-state index contributed by atoms with van der Waals surface area (Å²) in [5.41, 5.74) is 6.96. The molecule has 34 heavy (non-hydrogen) atoms. The Kier molecular flexibility index (Phi) is 5.17. The first-order valence-electron chi connectivity index (χ1n) is 12.4. The van der Waals surface area contributed by atoms with Gasteiger partial charge < -0.3 is 0 Å². The van der Waals surface area contributed by atoms with Gasteiger partial charge in [0.2, 0.25) is 0 Å². The molecule has 1 heterocycles. The van der Waals surface area contributed by atoms with Crippen LogP contribution in [0.4, 0.5) is 0 Å². The third kappa shape index (κ3) is 3.10. The molecule has 0 N–H and O–H groups in total. The minimum absolute atomic E-state index is 0.0327. The van der Waals surface area contributed by atoms with Gasteiger partial charge in [-0.25, -0.2) is 0 Å². The van der Waals surface area contributed by atoms with Gasteiger partial charge in [-0.15, -0.1) is 0 Å². The van der Waals surface area contributed by atoms with Crippen molar-refractivity contribution in [1.29, 1.82) is 0 Å². The molecule has 0 saturated heterocycles. The maximum atomic E-state index is 7.23. The third-order valence-corrected chi connectivity index (χ3v) is 8.01. The van der Waals surface area contributed by atoms with E-state index in [1.54, 1.807) is 0 Å². The van der Waals surface area contributed by atoms with Gasteiger partial charge in [0.1, 0.15) is 6.10 Å². The lowest BCUT2D eigenvalue weighted by molar-refractivity contribution is -0.282. The molecule has 4 aromatic rings. The van der Waals surface area contributed by atoms with Crippen molar-refractivity contribution in [2.45, 2.75) is 50.3 Å². The minimum Gasteiger partial charge on any atom is -0.289 e. The predicted molar refractivity (Wildman–Crippen MR) is 137 cm³/mol. The molecule has 0 amide bonds. The Morgan fingerprint density at radius 3 is 1.74 bits per heavy atom. The van der Waals surface area contributed by atoms with Crippen LogP contribution in [0.5, 0.6) is 0 Å². The number of rotatable bonds is 4. The van der Waals surface area contributed by atoms with E-state index in [-0.39, 0.29) is 6.10 Å². The van der Waals surface area contributed by atoms with Gasteiger partial charge in [0.05, 0.1) is 11.1 Å². The van der Waals surface area contributed by atoms with Crippen molar-refractivity contribution in [3.63, 3.8) is 0 Å². The Hall–Kier alpha value is -3.20. The summed E-state index contributed by atoms with van der Waals surface area (Å²) in [5, 5.41) is 2.32. The first-order chi connectivity index (χ1) is 16.6. The molecule has 3 atom stereocenters. The Morgan fingerprint density at radius 2 is 1.15 bits per heavy atom. The van der Waals surface area contributed by atoms with Crippen molar-refractivity contribution >= 4 is 0 Å². The topological polar surface area (TPSA) is 12.5 Å². The van der Waals surface area contributed by atoms with E-state index in [2.05, 4.69) is 128 Å². The van der Waals surface area contributed by atoms with Gasteiger partial charge in [-0.1, -0.05) is 109 Å². The molecule has 2 nitrogen and oxygen atoms in total. The quantitative estimate of drug-likeness (QED) is 0.322. The van der Waals surface area contributed by atoms with Crippen LogP contribution in [0, 0.1) is 0 Å². The fraction of sp³-hybridized carbons (Fsp3) is 0.250. The molecule has 2 aliphatic rings. The van der Waals surface area contributed by atoms with Gasteiger partial charge in [0.15, 0.2) is 0 Å². The van der Waals surface area contributed by atoms with Crippen molar-refractivity contribution < 1.29 is 4.84 Å². The third-order valence-electron chi connectivity index (χ3n) is 8.01. The van der Waals surface area contributed by atoms with E-state index in [1.165, 1.54) is 33.4 Å². The number of hydrogen-bond donors (Lipinski definition) is 0. The standard InChI is InChI=1S/C32H31NO/c1-31(25-16-5-3-6-17-25)28-21-11-12-22-29(28)32(2,26-18-7-4-8-19-26)33(31)34-30-23-13-15-24-14-9-10-20-27(24)30/h3-12,14,16-22,30H,13,15,23H2,1-2H3/t30?,31-,32-/m1/s1. The molecule has 1 aliphatic carbocycles. The zero-order chi connectivity index (χ0) is 23.2. The number of fused-ring (bicyclic) bond motifs is 2. The fourth-order valence-corrected chi connectivity index (χ4v) is 6.23. The second kappa shape index (κ2) is 8.23. The van der Waals surface area contributed by atoms with Crippen LogP contribution >= 0.6 is 0 Å². The molecule has 170 valence electrons. The van der Waals surface area contributed by atoms with Crippen LogP contribution in [-0.4, -0.2) is 5.06 Å². The molecule has 4 aromatic carbocycles. The first-order valence-corrected chi connectivity index (χ1v) is 12.4. The SMILES string of the molecule is C[C@@]1(c2ccccc2)c2ccccc2[C@@](C)(c2ccccc2)N1OC1CCCc2ccccc21. The van der Waals surface area contributed by atoms with Crippen LogP contribution in [0.15, 0.2) is 109 Å². The summed E-state index contributed by atoms with van der Waals surface area (Å²) in [6.07, 6.45) is 3.33. The number of hydroxylamine groups is 2. The summed E-state index contributed by atoms with van der Waals surface area (Å²) < 4.78 is 0. The summed E-state index contributed by atoms with van der Waals surface area (Å²) in [7, 11) is 0. The molecule has 1 unspecified atom stereocenters. The highest BCUT2D eigenvalue weighted by molar-refractivity contribution is 5.54. The zero-order valence-electron chi connectivity index (χ0n) is 19.9. The van der Waals surface area contributed by atoms with E-state index in [4.69, 9.17) is 4.84 Å². The van der Waals surface area contributed by atoms with E-state index in [1.807, 2.05) is 0 Å². The highest BCUT2D eigenvalue weighted by Crippen LogP contribution is 2.56. The summed E-state index contributed by atoms with van der Waals surface area (Å²) in [5.74, 6) is 0. The molecule has 0 bridgehead atoms. The summed E-state index contributed by atoms with van der Waals surface area (Å²) in [6, 6.07) is 39.3. The highest BCUT2D eigenvalue weighted by atomic mass is 16.7. The van der Waals surface area contributed by atoms with E-state index >= 15 is 0 Å². The Bertz CT molecular complexity index is 1230. The maximum absolute atomic E-state index is 7.23.